The molecule has 2 atom stereocenters. The van der Waals surface area contributed by atoms with E-state index in [1.165, 1.54) is 0 Å². The van der Waals surface area contributed by atoms with E-state index in [-0.39, 0.29) is 12.5 Å². The third kappa shape index (κ3) is 5.04. The highest BCUT2D eigenvalue weighted by atomic mass is 79.9. The van der Waals surface area contributed by atoms with Crippen molar-refractivity contribution in [1.29, 1.82) is 0 Å². The second-order valence-corrected chi connectivity index (χ2v) is 9.06. The van der Waals surface area contributed by atoms with Gasteiger partial charge in [0.25, 0.3) is 5.91 Å². The van der Waals surface area contributed by atoms with Crippen LogP contribution in [0.1, 0.15) is 30.1 Å². The van der Waals surface area contributed by atoms with Crippen molar-refractivity contribution >= 4 is 27.7 Å². The zero-order valence-corrected chi connectivity index (χ0v) is 20.6. The molecule has 2 aliphatic rings. The molecule has 0 radical (unpaired) electrons. The molecule has 0 aromatic heterocycles. The van der Waals surface area contributed by atoms with Gasteiger partial charge >= 0.3 is 0 Å². The second-order valence-electron chi connectivity index (χ2n) is 8.21. The SMILES string of the molecule is C=CC[C@@]1(C(=O)N2CCOCC2)N=C(c2ccc(OCCCO)cc2)O[C@@H]1c1ccccc1Br. The standard InChI is InChI=1S/C26H29BrN2O5/c1-2-12-26(25(31)29-13-17-32-18-14-29)23(21-6-3-4-7-22(21)27)34-24(28-26)19-8-10-20(11-9-19)33-16-5-15-30/h2-4,6-11,23,30H,1,5,12-18H2/t23-,26-/m1/s1. The molecular weight excluding hydrogens is 500 g/mol. The van der Waals surface area contributed by atoms with Gasteiger partial charge in [0, 0.05) is 48.1 Å². The van der Waals surface area contributed by atoms with E-state index in [4.69, 9.17) is 24.3 Å². The van der Waals surface area contributed by atoms with Crippen LogP contribution >= 0.6 is 15.9 Å². The molecule has 8 heteroatoms. The van der Waals surface area contributed by atoms with Gasteiger partial charge in [0.15, 0.2) is 11.6 Å². The van der Waals surface area contributed by atoms with Gasteiger partial charge in [0.05, 0.1) is 19.8 Å². The molecule has 1 saturated heterocycles. The number of morpholine rings is 1. The van der Waals surface area contributed by atoms with Crippen LogP contribution in [0.4, 0.5) is 0 Å². The number of carbonyl (C=O) groups excluding carboxylic acids is 1. The predicted octanol–water partition coefficient (Wildman–Crippen LogP) is 3.90. The Morgan fingerprint density at radius 1 is 1.24 bits per heavy atom. The minimum Gasteiger partial charge on any atom is -0.494 e. The van der Waals surface area contributed by atoms with Crippen LogP contribution < -0.4 is 4.74 Å². The summed E-state index contributed by atoms with van der Waals surface area (Å²) in [6, 6.07) is 15.2. The monoisotopic (exact) mass is 528 g/mol. The fraction of sp³-hybridized carbons (Fsp3) is 0.385. The molecule has 0 spiro atoms. The first kappa shape index (κ1) is 24.4. The summed E-state index contributed by atoms with van der Waals surface area (Å²) in [5.74, 6) is 1.02. The molecule has 2 aliphatic heterocycles. The van der Waals surface area contributed by atoms with Crippen LogP contribution in [0.5, 0.6) is 5.75 Å². The Morgan fingerprint density at radius 3 is 2.65 bits per heavy atom. The Hall–Kier alpha value is -2.68. The molecule has 2 aromatic rings. The van der Waals surface area contributed by atoms with Gasteiger partial charge in [-0.15, -0.1) is 6.58 Å². The molecule has 4 rings (SSSR count). The molecule has 180 valence electrons. The minimum atomic E-state index is -1.17. The molecule has 7 nitrogen and oxygen atoms in total. The molecule has 0 aliphatic carbocycles. The van der Waals surface area contributed by atoms with Crippen molar-refractivity contribution in [2.45, 2.75) is 24.5 Å². The van der Waals surface area contributed by atoms with Crippen LogP contribution in [-0.2, 0) is 14.3 Å². The Bertz CT molecular complexity index is 1040. The van der Waals surface area contributed by atoms with E-state index in [0.29, 0.717) is 57.4 Å². The van der Waals surface area contributed by atoms with Gasteiger partial charge in [0.2, 0.25) is 5.90 Å². The molecule has 34 heavy (non-hydrogen) atoms. The van der Waals surface area contributed by atoms with Gasteiger partial charge in [-0.25, -0.2) is 4.99 Å². The molecule has 1 N–H and O–H groups in total. The van der Waals surface area contributed by atoms with Gasteiger partial charge in [-0.05, 0) is 30.3 Å². The fourth-order valence-corrected chi connectivity index (χ4v) is 4.72. The number of benzene rings is 2. The quantitative estimate of drug-likeness (QED) is 0.394. The lowest BCUT2D eigenvalue weighted by atomic mass is 9.84. The zero-order chi connectivity index (χ0) is 24.0. The van der Waals surface area contributed by atoms with Crippen LogP contribution in [0.25, 0.3) is 0 Å². The summed E-state index contributed by atoms with van der Waals surface area (Å²) in [5, 5.41) is 8.94. The lowest BCUT2D eigenvalue weighted by Gasteiger charge is -2.36. The summed E-state index contributed by atoms with van der Waals surface area (Å²) in [6.07, 6.45) is 2.02. The second kappa shape index (κ2) is 11.2. The summed E-state index contributed by atoms with van der Waals surface area (Å²) in [7, 11) is 0. The number of hydrogen-bond donors (Lipinski definition) is 1. The fourth-order valence-electron chi connectivity index (χ4n) is 4.22. The third-order valence-electron chi connectivity index (χ3n) is 5.95. The lowest BCUT2D eigenvalue weighted by Crippen LogP contribution is -2.53. The van der Waals surface area contributed by atoms with E-state index in [2.05, 4.69) is 22.5 Å². The van der Waals surface area contributed by atoms with Crippen LogP contribution in [0.15, 0.2) is 70.7 Å². The maximum absolute atomic E-state index is 14.0. The number of carbonyl (C=O) groups is 1. The summed E-state index contributed by atoms with van der Waals surface area (Å²) in [6.45, 7) is 6.50. The number of aliphatic hydroxyl groups excluding tert-OH is 1. The Kier molecular flexibility index (Phi) is 8.03. The van der Waals surface area contributed by atoms with E-state index in [1.807, 2.05) is 53.4 Å². The van der Waals surface area contributed by atoms with Crippen molar-refractivity contribution in [3.63, 3.8) is 0 Å². The Labute approximate surface area is 208 Å². The molecule has 1 amide bonds. The van der Waals surface area contributed by atoms with Gasteiger partial charge in [-0.2, -0.15) is 0 Å². The first-order valence-corrected chi connectivity index (χ1v) is 12.2. The van der Waals surface area contributed by atoms with Crippen molar-refractivity contribution in [2.24, 2.45) is 4.99 Å². The van der Waals surface area contributed by atoms with Crippen LogP contribution in [-0.4, -0.2) is 66.9 Å². The number of halogens is 1. The maximum atomic E-state index is 14.0. The zero-order valence-electron chi connectivity index (χ0n) is 19.0. The first-order valence-electron chi connectivity index (χ1n) is 11.4. The van der Waals surface area contributed by atoms with Crippen LogP contribution in [0.2, 0.25) is 0 Å². The summed E-state index contributed by atoms with van der Waals surface area (Å²) in [5.41, 5.74) is 0.440. The van der Waals surface area contributed by atoms with Crippen molar-refractivity contribution < 1.29 is 24.1 Å². The van der Waals surface area contributed by atoms with Crippen molar-refractivity contribution in [3.8, 4) is 5.75 Å². The average Bonchev–Trinajstić information content (AvgIpc) is 3.25. The number of rotatable bonds is 9. The molecule has 1 fully saturated rings. The van der Waals surface area contributed by atoms with Crippen LogP contribution in [0.3, 0.4) is 0 Å². The van der Waals surface area contributed by atoms with Crippen LogP contribution in [0, 0.1) is 0 Å². The van der Waals surface area contributed by atoms with Gasteiger partial charge in [0.1, 0.15) is 5.75 Å². The number of hydrogen-bond acceptors (Lipinski definition) is 6. The molecule has 0 saturated carbocycles. The number of nitrogens with zero attached hydrogens (tertiary/aromatic N) is 2. The summed E-state index contributed by atoms with van der Waals surface area (Å²) < 4.78 is 18.4. The van der Waals surface area contributed by atoms with Crippen molar-refractivity contribution in [2.75, 3.05) is 39.5 Å². The average molecular weight is 529 g/mol. The highest BCUT2D eigenvalue weighted by Gasteiger charge is 2.54. The third-order valence-corrected chi connectivity index (χ3v) is 6.67. The van der Waals surface area contributed by atoms with Crippen molar-refractivity contribution in [1.82, 2.24) is 4.90 Å². The lowest BCUT2D eigenvalue weighted by molar-refractivity contribution is -0.143. The molecule has 2 aromatic carbocycles. The Morgan fingerprint density at radius 2 is 1.97 bits per heavy atom. The van der Waals surface area contributed by atoms with E-state index in [9.17, 15) is 4.79 Å². The largest absolute Gasteiger partial charge is 0.494 e. The molecule has 2 heterocycles. The molecule has 0 bridgehead atoms. The van der Waals surface area contributed by atoms with Gasteiger partial charge in [-0.3, -0.25) is 4.79 Å². The van der Waals surface area contributed by atoms with E-state index in [0.717, 1.165) is 15.6 Å². The van der Waals surface area contributed by atoms with Gasteiger partial charge < -0.3 is 24.2 Å². The predicted molar refractivity (Wildman–Crippen MR) is 133 cm³/mol. The number of aliphatic imine (C=N–C) groups is 1. The highest BCUT2D eigenvalue weighted by molar-refractivity contribution is 9.10. The smallest absolute Gasteiger partial charge is 0.255 e. The molecular formula is C26H29BrN2O5. The number of ether oxygens (including phenoxy) is 3. The topological polar surface area (TPSA) is 80.6 Å². The van der Waals surface area contributed by atoms with E-state index in [1.54, 1.807) is 6.08 Å². The van der Waals surface area contributed by atoms with Crippen molar-refractivity contribution in [3.05, 3.63) is 76.8 Å². The number of amides is 1. The van der Waals surface area contributed by atoms with E-state index >= 15 is 0 Å². The normalized spacial score (nSPS) is 22.1. The first-order chi connectivity index (χ1) is 16.6. The molecule has 0 unspecified atom stereocenters. The van der Waals surface area contributed by atoms with Gasteiger partial charge in [-0.1, -0.05) is 40.2 Å². The maximum Gasteiger partial charge on any atom is 0.255 e. The number of aliphatic hydroxyl groups is 1. The minimum absolute atomic E-state index is 0.0850. The summed E-state index contributed by atoms with van der Waals surface area (Å²) >= 11 is 3.63. The highest BCUT2D eigenvalue weighted by Crippen LogP contribution is 2.45. The Balaban J connectivity index is 1.72. The van der Waals surface area contributed by atoms with E-state index < -0.39 is 11.6 Å². The summed E-state index contributed by atoms with van der Waals surface area (Å²) in [4.78, 5) is 20.7.